The molecule has 0 atom stereocenters. The van der Waals surface area contributed by atoms with Crippen molar-refractivity contribution in [1.82, 2.24) is 9.97 Å². The van der Waals surface area contributed by atoms with Gasteiger partial charge in [-0.3, -0.25) is 9.59 Å². The highest BCUT2D eigenvalue weighted by molar-refractivity contribution is 6.04. The van der Waals surface area contributed by atoms with Crippen molar-refractivity contribution < 1.29 is 9.18 Å². The molecule has 1 amide bonds. The molecule has 0 aliphatic carbocycles. The first-order chi connectivity index (χ1) is 8.99. The van der Waals surface area contributed by atoms with E-state index in [-0.39, 0.29) is 11.3 Å². The van der Waals surface area contributed by atoms with Crippen molar-refractivity contribution in [3.63, 3.8) is 0 Å². The van der Waals surface area contributed by atoms with E-state index in [0.717, 1.165) is 0 Å². The number of aromatic amines is 1. The first kappa shape index (κ1) is 12.9. The van der Waals surface area contributed by atoms with Gasteiger partial charge >= 0.3 is 0 Å². The van der Waals surface area contributed by atoms with E-state index < -0.39 is 17.3 Å². The summed E-state index contributed by atoms with van der Waals surface area (Å²) >= 11 is 0. The van der Waals surface area contributed by atoms with Crippen LogP contribution in [0.3, 0.4) is 0 Å². The number of nitrogens with one attached hydrogen (secondary N) is 2. The topological polar surface area (TPSA) is 74.8 Å². The van der Waals surface area contributed by atoms with E-state index in [2.05, 4.69) is 15.3 Å². The molecule has 19 heavy (non-hydrogen) atoms. The average molecular weight is 261 g/mol. The molecule has 1 aromatic heterocycles. The first-order valence-corrected chi connectivity index (χ1v) is 5.62. The Morgan fingerprint density at radius 2 is 2.00 bits per heavy atom. The van der Waals surface area contributed by atoms with Crippen molar-refractivity contribution in [3.05, 3.63) is 57.5 Å². The lowest BCUT2D eigenvalue weighted by Gasteiger charge is -2.07. The van der Waals surface area contributed by atoms with Gasteiger partial charge in [0.05, 0.1) is 11.4 Å². The molecule has 0 saturated carbocycles. The van der Waals surface area contributed by atoms with Crippen LogP contribution in [-0.4, -0.2) is 15.9 Å². The number of para-hydroxylation sites is 1. The lowest BCUT2D eigenvalue weighted by Crippen LogP contribution is -2.26. The van der Waals surface area contributed by atoms with E-state index >= 15 is 0 Å². The summed E-state index contributed by atoms with van der Waals surface area (Å²) in [6.45, 7) is 3.17. The third kappa shape index (κ3) is 2.67. The Kier molecular flexibility index (Phi) is 3.41. The minimum absolute atomic E-state index is 0.0203. The van der Waals surface area contributed by atoms with E-state index in [1.807, 2.05) is 0 Å². The summed E-state index contributed by atoms with van der Waals surface area (Å²) in [6, 6.07) is 5.73. The van der Waals surface area contributed by atoms with Crippen molar-refractivity contribution in [2.24, 2.45) is 0 Å². The normalized spacial score (nSPS) is 10.3. The SMILES string of the molecule is Cc1nc(C)c(C(=O)Nc2ccccc2F)c(=O)[nH]1. The molecule has 2 aromatic rings. The maximum Gasteiger partial charge on any atom is 0.264 e. The van der Waals surface area contributed by atoms with Gasteiger partial charge in [-0.2, -0.15) is 0 Å². The summed E-state index contributed by atoms with van der Waals surface area (Å²) in [5.41, 5.74) is -0.338. The molecule has 2 N–H and O–H groups in total. The molecule has 0 aliphatic rings. The molecule has 0 unspecified atom stereocenters. The highest BCUT2D eigenvalue weighted by atomic mass is 19.1. The predicted molar refractivity (Wildman–Crippen MR) is 68.7 cm³/mol. The van der Waals surface area contributed by atoms with Crippen LogP contribution in [-0.2, 0) is 0 Å². The molecule has 1 heterocycles. The highest BCUT2D eigenvalue weighted by Crippen LogP contribution is 2.13. The van der Waals surface area contributed by atoms with Gasteiger partial charge in [0.15, 0.2) is 0 Å². The van der Waals surface area contributed by atoms with Gasteiger partial charge in [-0.1, -0.05) is 12.1 Å². The zero-order chi connectivity index (χ0) is 14.0. The fourth-order valence-corrected chi connectivity index (χ4v) is 1.74. The second-order valence-corrected chi connectivity index (χ2v) is 4.05. The second kappa shape index (κ2) is 5.01. The number of amides is 1. The largest absolute Gasteiger partial charge is 0.319 e. The summed E-state index contributed by atoms with van der Waals surface area (Å²) in [5.74, 6) is -0.828. The van der Waals surface area contributed by atoms with E-state index in [1.54, 1.807) is 19.9 Å². The third-order valence-corrected chi connectivity index (χ3v) is 2.57. The van der Waals surface area contributed by atoms with Crippen molar-refractivity contribution in [3.8, 4) is 0 Å². The quantitative estimate of drug-likeness (QED) is 0.865. The van der Waals surface area contributed by atoms with Crippen molar-refractivity contribution in [1.29, 1.82) is 0 Å². The van der Waals surface area contributed by atoms with Gasteiger partial charge < -0.3 is 10.3 Å². The first-order valence-electron chi connectivity index (χ1n) is 5.62. The molecule has 0 spiro atoms. The van der Waals surface area contributed by atoms with E-state index in [1.165, 1.54) is 18.2 Å². The van der Waals surface area contributed by atoms with Gasteiger partial charge in [-0.05, 0) is 26.0 Å². The zero-order valence-corrected chi connectivity index (χ0v) is 10.5. The number of hydrogen-bond acceptors (Lipinski definition) is 3. The molecule has 2 rings (SSSR count). The lowest BCUT2D eigenvalue weighted by molar-refractivity contribution is 0.102. The smallest absolute Gasteiger partial charge is 0.264 e. The number of H-pyrrole nitrogens is 1. The molecule has 0 radical (unpaired) electrons. The number of carbonyl (C=O) groups is 1. The predicted octanol–water partition coefficient (Wildman–Crippen LogP) is 1.78. The maximum atomic E-state index is 13.4. The standard InChI is InChI=1S/C13H12FN3O2/c1-7-11(12(18)16-8(2)15-7)13(19)17-10-6-4-3-5-9(10)14/h3-6H,1-2H3,(H,17,19)(H,15,16,18). The van der Waals surface area contributed by atoms with Crippen LogP contribution in [0.25, 0.3) is 0 Å². The van der Waals surface area contributed by atoms with E-state index in [9.17, 15) is 14.0 Å². The van der Waals surface area contributed by atoms with Crippen LogP contribution in [0.15, 0.2) is 29.1 Å². The Hall–Kier alpha value is -2.50. The Morgan fingerprint density at radius 3 is 2.63 bits per heavy atom. The van der Waals surface area contributed by atoms with Crippen LogP contribution in [0.2, 0.25) is 0 Å². The fourth-order valence-electron chi connectivity index (χ4n) is 1.74. The number of benzene rings is 1. The number of hydrogen-bond donors (Lipinski definition) is 2. The monoisotopic (exact) mass is 261 g/mol. The number of halogens is 1. The summed E-state index contributed by atoms with van der Waals surface area (Å²) in [5, 5.41) is 2.35. The third-order valence-electron chi connectivity index (χ3n) is 2.57. The molecule has 0 fully saturated rings. The van der Waals surface area contributed by atoms with Gasteiger partial charge in [-0.25, -0.2) is 9.37 Å². The summed E-state index contributed by atoms with van der Waals surface area (Å²) in [6.07, 6.45) is 0. The van der Waals surface area contributed by atoms with Crippen LogP contribution in [0.5, 0.6) is 0 Å². The molecule has 6 heteroatoms. The fraction of sp³-hybridized carbons (Fsp3) is 0.154. The van der Waals surface area contributed by atoms with Crippen LogP contribution >= 0.6 is 0 Å². The van der Waals surface area contributed by atoms with E-state index in [4.69, 9.17) is 0 Å². The van der Waals surface area contributed by atoms with Crippen LogP contribution < -0.4 is 10.9 Å². The number of aromatic nitrogens is 2. The van der Waals surface area contributed by atoms with Crippen LogP contribution in [0.1, 0.15) is 21.9 Å². The second-order valence-electron chi connectivity index (χ2n) is 4.05. The maximum absolute atomic E-state index is 13.4. The molecule has 98 valence electrons. The Bertz CT molecular complexity index is 695. The highest BCUT2D eigenvalue weighted by Gasteiger charge is 2.16. The summed E-state index contributed by atoms with van der Waals surface area (Å²) in [7, 11) is 0. The van der Waals surface area contributed by atoms with Gasteiger partial charge in [0.25, 0.3) is 11.5 Å². The Morgan fingerprint density at radius 1 is 1.32 bits per heavy atom. The van der Waals surface area contributed by atoms with Crippen molar-refractivity contribution in [2.75, 3.05) is 5.32 Å². The molecule has 5 nitrogen and oxygen atoms in total. The Balaban J connectivity index is 2.37. The zero-order valence-electron chi connectivity index (χ0n) is 10.5. The number of rotatable bonds is 2. The van der Waals surface area contributed by atoms with E-state index in [0.29, 0.717) is 11.5 Å². The van der Waals surface area contributed by atoms with Gasteiger partial charge in [0.2, 0.25) is 0 Å². The summed E-state index contributed by atoms with van der Waals surface area (Å²) in [4.78, 5) is 30.2. The number of carbonyl (C=O) groups excluding carboxylic acids is 1. The molecule has 0 bridgehead atoms. The molecule has 0 aliphatic heterocycles. The number of nitrogens with zero attached hydrogens (tertiary/aromatic N) is 1. The van der Waals surface area contributed by atoms with Gasteiger partial charge in [0.1, 0.15) is 17.2 Å². The minimum atomic E-state index is -0.684. The summed E-state index contributed by atoms with van der Waals surface area (Å²) < 4.78 is 13.4. The van der Waals surface area contributed by atoms with Crippen molar-refractivity contribution in [2.45, 2.75) is 13.8 Å². The van der Waals surface area contributed by atoms with Crippen LogP contribution in [0, 0.1) is 19.7 Å². The average Bonchev–Trinajstić information content (AvgIpc) is 2.30. The molecule has 0 saturated heterocycles. The lowest BCUT2D eigenvalue weighted by atomic mass is 10.2. The van der Waals surface area contributed by atoms with Crippen molar-refractivity contribution >= 4 is 11.6 Å². The van der Waals surface area contributed by atoms with Gasteiger partial charge in [0, 0.05) is 0 Å². The number of anilines is 1. The van der Waals surface area contributed by atoms with Gasteiger partial charge in [-0.15, -0.1) is 0 Å². The Labute approximate surface area is 108 Å². The minimum Gasteiger partial charge on any atom is -0.319 e. The number of aryl methyl sites for hydroxylation is 2. The van der Waals surface area contributed by atoms with Crippen LogP contribution in [0.4, 0.5) is 10.1 Å². The molecular weight excluding hydrogens is 249 g/mol. The molecule has 1 aromatic carbocycles. The molecular formula is C13H12FN3O2.